The summed E-state index contributed by atoms with van der Waals surface area (Å²) in [7, 11) is 0. The molecule has 0 unspecified atom stereocenters. The van der Waals surface area contributed by atoms with Gasteiger partial charge in [0.15, 0.2) is 0 Å². The number of ether oxygens (including phenoxy) is 1. The molecule has 1 amide bonds. The molecule has 0 radical (unpaired) electrons. The number of carbonyl (C=O) groups is 1. The van der Waals surface area contributed by atoms with Crippen molar-refractivity contribution < 1.29 is 9.53 Å². The maximum Gasteiger partial charge on any atom is 0.248 e. The minimum atomic E-state index is -0.416. The normalized spacial score (nSPS) is 16.8. The molecular weight excluding hydrogens is 300 g/mol. The number of hydrogen-bond donors (Lipinski definition) is 1. The number of rotatable bonds is 3. The molecule has 3 rings (SSSR count). The van der Waals surface area contributed by atoms with Crippen molar-refractivity contribution in [1.82, 2.24) is 0 Å². The van der Waals surface area contributed by atoms with Crippen molar-refractivity contribution in [2.24, 2.45) is 5.73 Å². The van der Waals surface area contributed by atoms with Crippen LogP contribution >= 0.6 is 11.6 Å². The Morgan fingerprint density at radius 3 is 2.95 bits per heavy atom. The number of primary amides is 1. The molecule has 1 aliphatic heterocycles. The summed E-state index contributed by atoms with van der Waals surface area (Å²) in [5.41, 5.74) is 7.85. The number of anilines is 1. The fraction of sp³-hybridized carbons (Fsp3) is 0.235. The third-order valence-electron chi connectivity index (χ3n) is 3.65. The summed E-state index contributed by atoms with van der Waals surface area (Å²) in [6.07, 6.45) is 0.0907. The number of carbonyl (C=O) groups excluding carboxylic acids is 1. The highest BCUT2D eigenvalue weighted by Crippen LogP contribution is 2.36. The van der Waals surface area contributed by atoms with E-state index < -0.39 is 5.91 Å². The summed E-state index contributed by atoms with van der Waals surface area (Å²) in [5, 5.41) is 0.674. The molecule has 2 aromatic carbocycles. The highest BCUT2D eigenvalue weighted by Gasteiger charge is 2.23. The molecule has 0 aliphatic carbocycles. The van der Waals surface area contributed by atoms with Crippen LogP contribution < -0.4 is 15.4 Å². The first-order valence-electron chi connectivity index (χ1n) is 7.13. The zero-order valence-electron chi connectivity index (χ0n) is 12.3. The van der Waals surface area contributed by atoms with E-state index >= 15 is 0 Å². The van der Waals surface area contributed by atoms with E-state index in [9.17, 15) is 4.79 Å². The van der Waals surface area contributed by atoms with Crippen LogP contribution in [0.4, 0.5) is 5.69 Å². The van der Waals surface area contributed by atoms with Crippen LogP contribution in [0.5, 0.6) is 5.75 Å². The van der Waals surface area contributed by atoms with Crippen molar-refractivity contribution in [2.75, 3.05) is 11.4 Å². The van der Waals surface area contributed by atoms with Crippen LogP contribution in [-0.4, -0.2) is 18.6 Å². The van der Waals surface area contributed by atoms with E-state index in [1.54, 1.807) is 6.07 Å². The van der Waals surface area contributed by atoms with E-state index in [0.717, 1.165) is 23.5 Å². The van der Waals surface area contributed by atoms with E-state index in [2.05, 4.69) is 4.90 Å². The van der Waals surface area contributed by atoms with Gasteiger partial charge >= 0.3 is 0 Å². The lowest BCUT2D eigenvalue weighted by atomic mass is 10.1. The van der Waals surface area contributed by atoms with Gasteiger partial charge in [-0.05, 0) is 42.8 Å². The van der Waals surface area contributed by atoms with E-state index in [-0.39, 0.29) is 6.10 Å². The number of nitrogens with two attached hydrogens (primary N) is 1. The van der Waals surface area contributed by atoms with Crippen LogP contribution in [0.25, 0.3) is 0 Å². The lowest BCUT2D eigenvalue weighted by Gasteiger charge is -2.35. The first-order valence-corrected chi connectivity index (χ1v) is 7.50. The number of halogens is 1. The van der Waals surface area contributed by atoms with Crippen molar-refractivity contribution in [1.29, 1.82) is 0 Å². The van der Waals surface area contributed by atoms with Gasteiger partial charge in [-0.2, -0.15) is 0 Å². The second-order valence-corrected chi connectivity index (χ2v) is 5.92. The summed E-state index contributed by atoms with van der Waals surface area (Å²) in [5.74, 6) is 0.412. The number of amides is 1. The lowest BCUT2D eigenvalue weighted by Crippen LogP contribution is -2.38. The largest absolute Gasteiger partial charge is 0.487 e. The van der Waals surface area contributed by atoms with Gasteiger partial charge in [0.25, 0.3) is 0 Å². The van der Waals surface area contributed by atoms with Crippen LogP contribution in [-0.2, 0) is 6.54 Å². The molecule has 0 fully saturated rings. The van der Waals surface area contributed by atoms with Crippen molar-refractivity contribution >= 4 is 23.2 Å². The molecule has 0 saturated carbocycles. The van der Waals surface area contributed by atoms with Gasteiger partial charge < -0.3 is 15.4 Å². The van der Waals surface area contributed by atoms with Gasteiger partial charge in [0.2, 0.25) is 5.91 Å². The Hall–Kier alpha value is -2.20. The van der Waals surface area contributed by atoms with Gasteiger partial charge in [-0.15, -0.1) is 0 Å². The zero-order valence-corrected chi connectivity index (χ0v) is 13.0. The van der Waals surface area contributed by atoms with Crippen LogP contribution in [0.15, 0.2) is 42.5 Å². The summed E-state index contributed by atoms with van der Waals surface area (Å²) in [6.45, 7) is 3.46. The average Bonchev–Trinajstić information content (AvgIpc) is 2.48. The Morgan fingerprint density at radius 1 is 1.36 bits per heavy atom. The molecule has 22 heavy (non-hydrogen) atoms. The third kappa shape index (κ3) is 3.02. The van der Waals surface area contributed by atoms with E-state index in [1.165, 1.54) is 0 Å². The summed E-state index contributed by atoms with van der Waals surface area (Å²) >= 11 is 6.10. The van der Waals surface area contributed by atoms with E-state index in [4.69, 9.17) is 22.1 Å². The highest BCUT2D eigenvalue weighted by molar-refractivity contribution is 6.31. The maximum absolute atomic E-state index is 11.3. The minimum Gasteiger partial charge on any atom is -0.487 e. The Balaban J connectivity index is 1.91. The maximum atomic E-state index is 11.3. The molecular formula is C17H17ClN2O2. The molecule has 0 aromatic heterocycles. The second-order valence-electron chi connectivity index (χ2n) is 5.49. The monoisotopic (exact) mass is 316 g/mol. The van der Waals surface area contributed by atoms with Crippen molar-refractivity contribution in [3.8, 4) is 5.75 Å². The fourth-order valence-corrected chi connectivity index (χ4v) is 2.86. The second kappa shape index (κ2) is 5.89. The van der Waals surface area contributed by atoms with Crippen LogP contribution in [0.1, 0.15) is 22.8 Å². The highest BCUT2D eigenvalue weighted by atomic mass is 35.5. The molecule has 1 aliphatic rings. The molecule has 2 N–H and O–H groups in total. The molecule has 0 bridgehead atoms. The van der Waals surface area contributed by atoms with Gasteiger partial charge in [-0.25, -0.2) is 0 Å². The predicted octanol–water partition coefficient (Wildman–Crippen LogP) is 3.23. The topological polar surface area (TPSA) is 55.6 Å². The molecule has 0 spiro atoms. The van der Waals surface area contributed by atoms with Crippen molar-refractivity contribution in [2.45, 2.75) is 19.6 Å². The molecule has 1 atom stereocenters. The Morgan fingerprint density at radius 2 is 2.18 bits per heavy atom. The Labute approximate surface area is 134 Å². The molecule has 2 aromatic rings. The van der Waals surface area contributed by atoms with Gasteiger partial charge in [0, 0.05) is 17.1 Å². The SMILES string of the molecule is C[C@@H]1CN(Cc2cccc(C(N)=O)c2)c2cc(Cl)ccc2O1. The van der Waals surface area contributed by atoms with E-state index in [1.807, 2.05) is 43.3 Å². The zero-order chi connectivity index (χ0) is 15.7. The van der Waals surface area contributed by atoms with Gasteiger partial charge in [0.05, 0.1) is 12.2 Å². The van der Waals surface area contributed by atoms with Crippen molar-refractivity contribution in [3.05, 3.63) is 58.6 Å². The average molecular weight is 317 g/mol. The van der Waals surface area contributed by atoms with Crippen LogP contribution in [0.2, 0.25) is 5.02 Å². The summed E-state index contributed by atoms with van der Waals surface area (Å²) in [4.78, 5) is 13.5. The summed E-state index contributed by atoms with van der Waals surface area (Å²) < 4.78 is 5.84. The quantitative estimate of drug-likeness (QED) is 0.946. The minimum absolute atomic E-state index is 0.0907. The Bertz CT molecular complexity index is 718. The first kappa shape index (κ1) is 14.7. The number of fused-ring (bicyclic) bond motifs is 1. The predicted molar refractivity (Wildman–Crippen MR) is 87.6 cm³/mol. The molecule has 5 heteroatoms. The smallest absolute Gasteiger partial charge is 0.248 e. The van der Waals surface area contributed by atoms with Crippen LogP contribution in [0, 0.1) is 0 Å². The lowest BCUT2D eigenvalue weighted by molar-refractivity contribution is 0.1000. The number of nitrogens with zero attached hydrogens (tertiary/aromatic N) is 1. The number of benzene rings is 2. The standard InChI is InChI=1S/C17H17ClN2O2/c1-11-9-20(15-8-14(18)5-6-16(15)22-11)10-12-3-2-4-13(7-12)17(19)21/h2-8,11H,9-10H2,1H3,(H2,19,21)/t11-/m1/s1. The molecule has 4 nitrogen and oxygen atoms in total. The fourth-order valence-electron chi connectivity index (χ4n) is 2.69. The Kier molecular flexibility index (Phi) is 3.94. The number of hydrogen-bond acceptors (Lipinski definition) is 3. The third-order valence-corrected chi connectivity index (χ3v) is 3.89. The molecule has 1 heterocycles. The van der Waals surface area contributed by atoms with E-state index in [0.29, 0.717) is 17.1 Å². The first-order chi connectivity index (χ1) is 10.5. The van der Waals surface area contributed by atoms with Crippen molar-refractivity contribution in [3.63, 3.8) is 0 Å². The van der Waals surface area contributed by atoms with Gasteiger partial charge in [-0.1, -0.05) is 23.7 Å². The molecule has 114 valence electrons. The summed E-state index contributed by atoms with van der Waals surface area (Å²) in [6, 6.07) is 13.0. The van der Waals surface area contributed by atoms with Gasteiger partial charge in [-0.3, -0.25) is 4.79 Å². The van der Waals surface area contributed by atoms with Gasteiger partial charge in [0.1, 0.15) is 11.9 Å². The molecule has 0 saturated heterocycles. The van der Waals surface area contributed by atoms with Crippen LogP contribution in [0.3, 0.4) is 0 Å².